The number of rotatable bonds is 2. The number of amides is 1. The van der Waals surface area contributed by atoms with E-state index in [-0.39, 0.29) is 17.5 Å². The minimum absolute atomic E-state index is 0.0424. The molecule has 82 valence electrons. The van der Waals surface area contributed by atoms with Gasteiger partial charge in [0.25, 0.3) is 0 Å². The molecule has 0 spiro atoms. The van der Waals surface area contributed by atoms with Gasteiger partial charge in [-0.15, -0.1) is 0 Å². The third-order valence-electron chi connectivity index (χ3n) is 2.67. The van der Waals surface area contributed by atoms with E-state index in [1.54, 1.807) is 0 Å². The maximum atomic E-state index is 11.9. The molecular formula is C10H20N2O2. The zero-order chi connectivity index (χ0) is 10.8. The summed E-state index contributed by atoms with van der Waals surface area (Å²) in [7, 11) is 0. The average Bonchev–Trinajstić information content (AvgIpc) is 2.15. The summed E-state index contributed by atoms with van der Waals surface area (Å²) in [4.78, 5) is 13.7. The molecule has 1 aliphatic heterocycles. The molecule has 1 amide bonds. The summed E-state index contributed by atoms with van der Waals surface area (Å²) in [5, 5.41) is 0. The van der Waals surface area contributed by atoms with Crippen LogP contribution in [0.3, 0.4) is 0 Å². The van der Waals surface area contributed by atoms with Gasteiger partial charge in [-0.05, 0) is 20.3 Å². The van der Waals surface area contributed by atoms with E-state index in [1.165, 1.54) is 0 Å². The number of carbonyl (C=O) groups is 1. The van der Waals surface area contributed by atoms with E-state index in [2.05, 4.69) is 0 Å². The van der Waals surface area contributed by atoms with Crippen molar-refractivity contribution in [2.45, 2.75) is 38.8 Å². The molecule has 4 heteroatoms. The number of nitrogens with two attached hydrogens (primary N) is 1. The smallest absolute Gasteiger partial charge is 0.240 e. The highest BCUT2D eigenvalue weighted by atomic mass is 16.5. The first-order valence-corrected chi connectivity index (χ1v) is 5.14. The van der Waals surface area contributed by atoms with Crippen molar-refractivity contribution in [3.63, 3.8) is 0 Å². The first-order valence-electron chi connectivity index (χ1n) is 5.14. The molecule has 1 fully saturated rings. The zero-order valence-electron chi connectivity index (χ0n) is 9.25. The van der Waals surface area contributed by atoms with E-state index in [4.69, 9.17) is 10.5 Å². The van der Waals surface area contributed by atoms with Crippen molar-refractivity contribution < 1.29 is 9.53 Å². The molecule has 0 radical (unpaired) electrons. The standard InChI is InChI=1S/C10H20N2O2/c1-4-8(11)9(13)12-5-6-14-7-10(12,2)3/h8H,4-7,11H2,1-3H3/t8-/m0/s1. The molecule has 0 aromatic rings. The van der Waals surface area contributed by atoms with Crippen LogP contribution in [0.1, 0.15) is 27.2 Å². The number of hydrogen-bond donors (Lipinski definition) is 1. The molecule has 0 bridgehead atoms. The highest BCUT2D eigenvalue weighted by Crippen LogP contribution is 2.19. The van der Waals surface area contributed by atoms with Crippen molar-refractivity contribution in [1.82, 2.24) is 4.90 Å². The van der Waals surface area contributed by atoms with Gasteiger partial charge in [-0.1, -0.05) is 6.92 Å². The Morgan fingerprint density at radius 2 is 2.29 bits per heavy atom. The van der Waals surface area contributed by atoms with Crippen LogP contribution in [0.2, 0.25) is 0 Å². The average molecular weight is 200 g/mol. The Labute approximate surface area is 85.4 Å². The quantitative estimate of drug-likeness (QED) is 0.700. The summed E-state index contributed by atoms with van der Waals surface area (Å²) in [5.41, 5.74) is 5.52. The molecular weight excluding hydrogens is 180 g/mol. The minimum atomic E-state index is -0.368. The molecule has 14 heavy (non-hydrogen) atoms. The van der Waals surface area contributed by atoms with Gasteiger partial charge in [-0.3, -0.25) is 4.79 Å². The van der Waals surface area contributed by atoms with Crippen molar-refractivity contribution >= 4 is 5.91 Å². The monoisotopic (exact) mass is 200 g/mol. The SMILES string of the molecule is CC[C@H](N)C(=O)N1CCOCC1(C)C. The van der Waals surface area contributed by atoms with Gasteiger partial charge in [0.15, 0.2) is 0 Å². The van der Waals surface area contributed by atoms with Crippen LogP contribution in [0.5, 0.6) is 0 Å². The van der Waals surface area contributed by atoms with Gasteiger partial charge in [0.2, 0.25) is 5.91 Å². The van der Waals surface area contributed by atoms with Crippen molar-refractivity contribution in [3.8, 4) is 0 Å². The van der Waals surface area contributed by atoms with E-state index in [1.807, 2.05) is 25.7 Å². The van der Waals surface area contributed by atoms with Crippen LogP contribution >= 0.6 is 0 Å². The lowest BCUT2D eigenvalue weighted by Crippen LogP contribution is -2.59. The van der Waals surface area contributed by atoms with Crippen molar-refractivity contribution in [2.75, 3.05) is 19.8 Å². The maximum absolute atomic E-state index is 11.9. The molecule has 0 aromatic heterocycles. The van der Waals surface area contributed by atoms with Crippen LogP contribution in [-0.4, -0.2) is 42.1 Å². The Morgan fingerprint density at radius 3 is 2.79 bits per heavy atom. The molecule has 4 nitrogen and oxygen atoms in total. The van der Waals surface area contributed by atoms with Gasteiger partial charge in [0.05, 0.1) is 24.8 Å². The highest BCUT2D eigenvalue weighted by molar-refractivity contribution is 5.82. The Morgan fingerprint density at radius 1 is 1.64 bits per heavy atom. The number of hydrogen-bond acceptors (Lipinski definition) is 3. The number of carbonyl (C=O) groups excluding carboxylic acids is 1. The Balaban J connectivity index is 2.69. The summed E-state index contributed by atoms with van der Waals surface area (Å²) in [5.74, 6) is 0.0424. The van der Waals surface area contributed by atoms with Crippen LogP contribution in [0, 0.1) is 0 Å². The second-order valence-corrected chi connectivity index (χ2v) is 4.37. The van der Waals surface area contributed by atoms with E-state index >= 15 is 0 Å². The van der Waals surface area contributed by atoms with Gasteiger partial charge in [-0.25, -0.2) is 0 Å². The van der Waals surface area contributed by atoms with Crippen LogP contribution in [0.15, 0.2) is 0 Å². The molecule has 0 saturated carbocycles. The predicted octanol–water partition coefficient (Wildman–Crippen LogP) is 0.361. The Hall–Kier alpha value is -0.610. The lowest BCUT2D eigenvalue weighted by molar-refractivity contribution is -0.147. The Bertz CT molecular complexity index is 216. The highest BCUT2D eigenvalue weighted by Gasteiger charge is 2.35. The fraction of sp³-hybridized carbons (Fsp3) is 0.900. The number of nitrogens with zero attached hydrogens (tertiary/aromatic N) is 1. The molecule has 2 N–H and O–H groups in total. The minimum Gasteiger partial charge on any atom is -0.377 e. The van der Waals surface area contributed by atoms with Gasteiger partial charge in [0, 0.05) is 6.54 Å². The molecule has 1 rings (SSSR count). The number of ether oxygens (including phenoxy) is 1. The zero-order valence-corrected chi connectivity index (χ0v) is 9.25. The second kappa shape index (κ2) is 4.28. The van der Waals surface area contributed by atoms with E-state index in [9.17, 15) is 4.79 Å². The molecule has 1 heterocycles. The fourth-order valence-electron chi connectivity index (χ4n) is 1.64. The topological polar surface area (TPSA) is 55.6 Å². The van der Waals surface area contributed by atoms with Gasteiger partial charge in [0.1, 0.15) is 0 Å². The summed E-state index contributed by atoms with van der Waals surface area (Å²) >= 11 is 0. The molecule has 1 aliphatic rings. The third kappa shape index (κ3) is 2.25. The maximum Gasteiger partial charge on any atom is 0.240 e. The van der Waals surface area contributed by atoms with E-state index in [0.29, 0.717) is 26.2 Å². The molecule has 0 unspecified atom stereocenters. The first-order chi connectivity index (χ1) is 6.49. The number of morpholine rings is 1. The normalized spacial score (nSPS) is 23.3. The largest absolute Gasteiger partial charge is 0.377 e. The molecule has 1 saturated heterocycles. The van der Waals surface area contributed by atoms with Crippen LogP contribution in [-0.2, 0) is 9.53 Å². The van der Waals surface area contributed by atoms with Crippen LogP contribution < -0.4 is 5.73 Å². The van der Waals surface area contributed by atoms with Crippen LogP contribution in [0.25, 0.3) is 0 Å². The van der Waals surface area contributed by atoms with E-state index in [0.717, 1.165) is 0 Å². The lowest BCUT2D eigenvalue weighted by Gasteiger charge is -2.43. The summed E-state index contributed by atoms with van der Waals surface area (Å²) in [6.07, 6.45) is 0.687. The van der Waals surface area contributed by atoms with Gasteiger partial charge in [-0.2, -0.15) is 0 Å². The Kier molecular flexibility index (Phi) is 3.50. The summed E-state index contributed by atoms with van der Waals surface area (Å²) in [6, 6.07) is -0.368. The summed E-state index contributed by atoms with van der Waals surface area (Å²) < 4.78 is 5.34. The predicted molar refractivity (Wildman–Crippen MR) is 54.9 cm³/mol. The van der Waals surface area contributed by atoms with Crippen molar-refractivity contribution in [1.29, 1.82) is 0 Å². The molecule has 1 atom stereocenters. The molecule has 0 aliphatic carbocycles. The molecule has 0 aromatic carbocycles. The van der Waals surface area contributed by atoms with Crippen molar-refractivity contribution in [2.24, 2.45) is 5.73 Å². The fourth-order valence-corrected chi connectivity index (χ4v) is 1.64. The first kappa shape index (κ1) is 11.5. The van der Waals surface area contributed by atoms with E-state index < -0.39 is 0 Å². The third-order valence-corrected chi connectivity index (χ3v) is 2.67. The second-order valence-electron chi connectivity index (χ2n) is 4.37. The lowest BCUT2D eigenvalue weighted by atomic mass is 10.0. The van der Waals surface area contributed by atoms with Gasteiger partial charge >= 0.3 is 0 Å². The van der Waals surface area contributed by atoms with Crippen molar-refractivity contribution in [3.05, 3.63) is 0 Å². The van der Waals surface area contributed by atoms with Crippen LogP contribution in [0.4, 0.5) is 0 Å². The van der Waals surface area contributed by atoms with Gasteiger partial charge < -0.3 is 15.4 Å². The summed E-state index contributed by atoms with van der Waals surface area (Å²) in [6.45, 7) is 7.80.